The first-order chi connectivity index (χ1) is 46.1. The van der Waals surface area contributed by atoms with E-state index < -0.39 is 123 Å². The van der Waals surface area contributed by atoms with Crippen LogP contribution in [0.2, 0.25) is 0 Å². The fourth-order valence-corrected chi connectivity index (χ4v) is 11.3. The molecule has 3 aliphatic rings. The van der Waals surface area contributed by atoms with E-state index in [0.29, 0.717) is 0 Å². The summed E-state index contributed by atoms with van der Waals surface area (Å²) in [5.74, 6) is -3.55. The summed E-state index contributed by atoms with van der Waals surface area (Å²) in [7, 11) is 1.39. The molecule has 3 fully saturated rings. The lowest BCUT2D eigenvalue weighted by Gasteiger charge is -2.50. The molecular weight excluding hydrogens is 1200 g/mol. The maximum Gasteiger partial charge on any atom is 0.338 e. The molecule has 1 N–H and O–H groups in total. The van der Waals surface area contributed by atoms with Crippen molar-refractivity contribution in [1.29, 1.82) is 0 Å². The molecule has 0 amide bonds. The van der Waals surface area contributed by atoms with E-state index in [4.69, 9.17) is 66.3 Å². The van der Waals surface area contributed by atoms with Gasteiger partial charge in [-0.1, -0.05) is 194 Å². The molecule has 3 heterocycles. The highest BCUT2D eigenvalue weighted by molar-refractivity contribution is 5.91. The maximum atomic E-state index is 14.7. The van der Waals surface area contributed by atoms with E-state index in [-0.39, 0.29) is 55.3 Å². The number of benzene rings is 8. The van der Waals surface area contributed by atoms with Gasteiger partial charge in [-0.15, -0.1) is 0 Å². The SMILES string of the molecule is CO[C@@H]1O[C@@H](C)[C@H](O)[C@@H](O[C@@H]2O[C@H](COC(=O)c3ccccc3)[C@H](OC(=O)c3ccccc3)[C@H](OC(=O)c3ccccc3)[C@H]2OC(=O)c2ccccc2)[C@H]1O[C@H]1O[C@H](COCc2ccccc2)[C@H](OCc2ccccc2)[C@H](OCc2ccccc2)[C@H]1OCc1ccccc1. The van der Waals surface area contributed by atoms with Gasteiger partial charge in [-0.3, -0.25) is 0 Å². The van der Waals surface area contributed by atoms with Gasteiger partial charge in [0.05, 0.1) is 61.4 Å². The van der Waals surface area contributed by atoms with Gasteiger partial charge in [0.2, 0.25) is 0 Å². The minimum atomic E-state index is -1.91. The summed E-state index contributed by atoms with van der Waals surface area (Å²) in [6, 6.07) is 70.6. The fourth-order valence-electron chi connectivity index (χ4n) is 11.3. The summed E-state index contributed by atoms with van der Waals surface area (Å²) < 4.78 is 93.4. The third-order valence-electron chi connectivity index (χ3n) is 16.2. The van der Waals surface area contributed by atoms with Gasteiger partial charge in [0.15, 0.2) is 37.2 Å². The van der Waals surface area contributed by atoms with Crippen LogP contribution in [-0.2, 0) is 92.7 Å². The van der Waals surface area contributed by atoms with E-state index in [1.165, 1.54) is 43.5 Å². The zero-order chi connectivity index (χ0) is 65.0. The topological polar surface area (TPSA) is 218 Å². The predicted octanol–water partition coefficient (Wildman–Crippen LogP) is 10.5. The van der Waals surface area contributed by atoms with Crippen molar-refractivity contribution in [2.45, 2.75) is 125 Å². The Morgan fingerprint density at radius 3 is 1.15 bits per heavy atom. The minimum absolute atomic E-state index is 0.0364. The average Bonchev–Trinajstić information content (AvgIpc) is 0.792. The number of aliphatic hydroxyl groups excluding tert-OH is 1. The van der Waals surface area contributed by atoms with Gasteiger partial charge in [-0.2, -0.15) is 0 Å². The van der Waals surface area contributed by atoms with E-state index in [2.05, 4.69) is 0 Å². The summed E-state index contributed by atoms with van der Waals surface area (Å²) in [6.45, 7) is 1.39. The van der Waals surface area contributed by atoms with E-state index >= 15 is 0 Å². The quantitative estimate of drug-likeness (QED) is 0.0374. The van der Waals surface area contributed by atoms with E-state index in [0.717, 1.165) is 22.3 Å². The molecule has 0 saturated carbocycles. The second-order valence-corrected chi connectivity index (χ2v) is 22.7. The minimum Gasteiger partial charge on any atom is -0.459 e. The molecule has 11 rings (SSSR count). The van der Waals surface area contributed by atoms with Gasteiger partial charge in [-0.25, -0.2) is 19.2 Å². The van der Waals surface area contributed by atoms with Gasteiger partial charge in [0.25, 0.3) is 0 Å². The number of hydrogen-bond donors (Lipinski definition) is 1. The van der Waals surface area contributed by atoms with Gasteiger partial charge in [0.1, 0.15) is 55.4 Å². The van der Waals surface area contributed by atoms with Crippen molar-refractivity contribution < 1.29 is 90.6 Å². The molecule has 94 heavy (non-hydrogen) atoms. The molecule has 0 spiro atoms. The number of ether oxygens (including phenoxy) is 14. The molecule has 8 aromatic rings. The molecule has 15 atom stereocenters. The zero-order valence-corrected chi connectivity index (χ0v) is 51.8. The molecule has 0 bridgehead atoms. The van der Waals surface area contributed by atoms with E-state index in [9.17, 15) is 24.3 Å². The average molecular weight is 1280 g/mol. The lowest BCUT2D eigenvalue weighted by Crippen LogP contribution is -2.68. The Hall–Kier alpha value is -8.80. The normalized spacial score (nSPS) is 25.9. The molecule has 8 aromatic carbocycles. The standard InChI is InChI=1S/C75H74O19/c1-49-60(76)63(93-75-68(92-72(80)57-41-25-10-26-42-57)65(91-71(79)56-39-23-9-24-40-56)62(90-70(78)55-37-21-8-22-38-55)59(89-75)48-86-69(77)54-35-19-7-20-36-54)67(73(81-2)87-49)94-74-66(85-46-53-33-17-6-18-34-53)64(84-45-52-31-15-5-16-32-52)61(83-44-51-29-13-4-14-30-51)58(88-74)47-82-43-50-27-11-3-12-28-50/h3-42,49,58-68,73-76H,43-48H2,1-2H3/t49-,58+,59+,60-,61-,62-,63+,64-,65-,66+,67+,68+,73+,74+,75-/m0/s1. The second-order valence-electron chi connectivity index (χ2n) is 22.7. The highest BCUT2D eigenvalue weighted by Gasteiger charge is 2.58. The molecule has 0 aliphatic carbocycles. The number of hydrogen-bond acceptors (Lipinski definition) is 19. The van der Waals surface area contributed by atoms with Crippen LogP contribution in [0.5, 0.6) is 0 Å². The predicted molar refractivity (Wildman–Crippen MR) is 339 cm³/mol. The Morgan fingerprint density at radius 2 is 0.702 bits per heavy atom. The molecular formula is C75H74O19. The summed E-state index contributed by atoms with van der Waals surface area (Å²) in [4.78, 5) is 57.6. The van der Waals surface area contributed by atoms with Crippen LogP contribution >= 0.6 is 0 Å². The number of aliphatic hydroxyl groups is 1. The molecule has 0 aromatic heterocycles. The Kier molecular flexibility index (Phi) is 23.6. The third-order valence-corrected chi connectivity index (χ3v) is 16.2. The van der Waals surface area contributed by atoms with Gasteiger partial charge >= 0.3 is 23.9 Å². The smallest absolute Gasteiger partial charge is 0.338 e. The monoisotopic (exact) mass is 1280 g/mol. The first-order valence-corrected chi connectivity index (χ1v) is 31.1. The number of carbonyl (C=O) groups excluding carboxylic acids is 4. The first kappa shape index (κ1) is 66.6. The molecule has 0 unspecified atom stereocenters. The summed E-state index contributed by atoms with van der Waals surface area (Å²) in [5.41, 5.74) is 3.87. The molecule has 19 nitrogen and oxygen atoms in total. The molecule has 3 saturated heterocycles. The van der Waals surface area contributed by atoms with Crippen LogP contribution in [0.1, 0.15) is 70.6 Å². The molecule has 19 heteroatoms. The molecule has 3 aliphatic heterocycles. The molecule has 488 valence electrons. The zero-order valence-electron chi connectivity index (χ0n) is 51.8. The number of carbonyl (C=O) groups is 4. The van der Waals surface area contributed by atoms with E-state index in [1.807, 2.05) is 121 Å². The van der Waals surface area contributed by atoms with Crippen molar-refractivity contribution in [1.82, 2.24) is 0 Å². The van der Waals surface area contributed by atoms with Crippen LogP contribution in [0.3, 0.4) is 0 Å². The highest BCUT2D eigenvalue weighted by Crippen LogP contribution is 2.39. The van der Waals surface area contributed by atoms with Crippen LogP contribution in [0.4, 0.5) is 0 Å². The van der Waals surface area contributed by atoms with Crippen LogP contribution in [0.25, 0.3) is 0 Å². The summed E-state index contributed by atoms with van der Waals surface area (Å²) >= 11 is 0. The molecule has 0 radical (unpaired) electrons. The summed E-state index contributed by atoms with van der Waals surface area (Å²) in [5, 5.41) is 12.7. The second kappa shape index (κ2) is 33.3. The fraction of sp³-hybridized carbons (Fsp3) is 0.307. The highest BCUT2D eigenvalue weighted by atomic mass is 16.8. The van der Waals surface area contributed by atoms with Gasteiger partial charge in [-0.05, 0) is 77.7 Å². The summed E-state index contributed by atoms with van der Waals surface area (Å²) in [6.07, 6.45) is -21.5. The van der Waals surface area contributed by atoms with Crippen molar-refractivity contribution in [3.05, 3.63) is 287 Å². The maximum absolute atomic E-state index is 14.7. The van der Waals surface area contributed by atoms with Crippen molar-refractivity contribution in [3.8, 4) is 0 Å². The van der Waals surface area contributed by atoms with Crippen molar-refractivity contribution in [3.63, 3.8) is 0 Å². The van der Waals surface area contributed by atoms with Crippen molar-refractivity contribution in [2.24, 2.45) is 0 Å². The van der Waals surface area contributed by atoms with Crippen molar-refractivity contribution >= 4 is 23.9 Å². The first-order valence-electron chi connectivity index (χ1n) is 31.1. The van der Waals surface area contributed by atoms with Crippen LogP contribution in [0, 0.1) is 0 Å². The van der Waals surface area contributed by atoms with Crippen LogP contribution < -0.4 is 0 Å². The Morgan fingerprint density at radius 1 is 0.351 bits per heavy atom. The van der Waals surface area contributed by atoms with Crippen LogP contribution in [-0.4, -0.2) is 141 Å². The third kappa shape index (κ3) is 17.5. The van der Waals surface area contributed by atoms with Crippen molar-refractivity contribution in [2.75, 3.05) is 20.3 Å². The largest absolute Gasteiger partial charge is 0.459 e. The van der Waals surface area contributed by atoms with Crippen LogP contribution in [0.15, 0.2) is 243 Å². The number of rotatable bonds is 27. The number of esters is 4. The van der Waals surface area contributed by atoms with E-state index in [1.54, 1.807) is 91.9 Å². The Balaban J connectivity index is 1.01. The Bertz CT molecular complexity index is 3600. The van der Waals surface area contributed by atoms with Gasteiger partial charge < -0.3 is 71.4 Å². The Labute approximate surface area is 545 Å². The lowest BCUT2D eigenvalue weighted by molar-refractivity contribution is -0.392. The lowest BCUT2D eigenvalue weighted by atomic mass is 9.95. The number of methoxy groups -OCH3 is 1. The van der Waals surface area contributed by atoms with Gasteiger partial charge in [0, 0.05) is 7.11 Å².